The maximum Gasteiger partial charge on any atom is 0.227 e. The Morgan fingerprint density at radius 2 is 1.46 bits per heavy atom. The number of carbonyl (C=O) groups is 1. The van der Waals surface area contributed by atoms with Gasteiger partial charge >= 0.3 is 0 Å². The van der Waals surface area contributed by atoms with Gasteiger partial charge < -0.3 is 9.80 Å². The quantitative estimate of drug-likeness (QED) is 0.460. The molecule has 2 fully saturated rings. The highest BCUT2D eigenvalue weighted by atomic mass is 19.1. The largest absolute Gasteiger partial charge is 0.363 e. The SMILES string of the molecule is C[C@@H]1CN(C(=O)[C@@H]2CN(Cc3ccccc3)C[C@H]2c2ccc(F)cc2F)C[C@H](C)N1c1ccc(F)cc1. The van der Waals surface area contributed by atoms with Crippen LogP contribution in [0.2, 0.25) is 0 Å². The molecule has 2 heterocycles. The van der Waals surface area contributed by atoms with Crippen molar-refractivity contribution < 1.29 is 18.0 Å². The second kappa shape index (κ2) is 10.6. The van der Waals surface area contributed by atoms with Crippen LogP contribution in [0.5, 0.6) is 0 Å². The Balaban J connectivity index is 1.37. The average Bonchev–Trinajstić information content (AvgIpc) is 3.28. The fourth-order valence-corrected chi connectivity index (χ4v) is 6.08. The third kappa shape index (κ3) is 5.37. The lowest BCUT2D eigenvalue weighted by atomic mass is 9.87. The fourth-order valence-electron chi connectivity index (χ4n) is 6.08. The molecular weight excluding hydrogens is 475 g/mol. The molecule has 0 N–H and O–H groups in total. The smallest absolute Gasteiger partial charge is 0.227 e. The lowest BCUT2D eigenvalue weighted by molar-refractivity contribution is -0.136. The molecule has 5 rings (SSSR count). The van der Waals surface area contributed by atoms with Crippen molar-refractivity contribution in [2.75, 3.05) is 31.1 Å². The Bertz CT molecular complexity index is 1220. The molecule has 3 aromatic carbocycles. The minimum atomic E-state index is -0.622. The minimum absolute atomic E-state index is 0.00161. The monoisotopic (exact) mass is 507 g/mol. The van der Waals surface area contributed by atoms with E-state index in [1.165, 1.54) is 24.3 Å². The van der Waals surface area contributed by atoms with Crippen molar-refractivity contribution in [3.05, 3.63) is 101 Å². The number of carbonyl (C=O) groups excluding carboxylic acids is 1. The van der Waals surface area contributed by atoms with E-state index in [0.717, 1.165) is 17.3 Å². The number of hydrogen-bond acceptors (Lipinski definition) is 3. The summed E-state index contributed by atoms with van der Waals surface area (Å²) < 4.78 is 42.1. The molecule has 0 saturated carbocycles. The van der Waals surface area contributed by atoms with Gasteiger partial charge in [0.05, 0.1) is 5.92 Å². The molecule has 2 aliphatic rings. The maximum atomic E-state index is 14.9. The van der Waals surface area contributed by atoms with E-state index in [2.05, 4.69) is 23.6 Å². The van der Waals surface area contributed by atoms with Crippen molar-refractivity contribution in [3.8, 4) is 0 Å². The van der Waals surface area contributed by atoms with Crippen LogP contribution in [0.1, 0.15) is 30.9 Å². The summed E-state index contributed by atoms with van der Waals surface area (Å²) in [5.41, 5.74) is 2.44. The van der Waals surface area contributed by atoms with Gasteiger partial charge in [-0.15, -0.1) is 0 Å². The molecule has 1 amide bonds. The first-order valence-corrected chi connectivity index (χ1v) is 12.8. The second-order valence-electron chi connectivity index (χ2n) is 10.4. The van der Waals surface area contributed by atoms with Gasteiger partial charge in [0, 0.05) is 62.5 Å². The molecule has 2 aliphatic heterocycles. The standard InChI is InChI=1S/C30H32F3N3O/c1-20-15-35(16-21(2)36(20)25-11-8-23(31)9-12-25)30(37)28-19-34(17-22-6-4-3-5-7-22)18-27(28)26-13-10-24(32)14-29(26)33/h3-14,20-21,27-28H,15-19H2,1-2H3/t20-,21+,27-,28+/m0/s1. The third-order valence-electron chi connectivity index (χ3n) is 7.68. The summed E-state index contributed by atoms with van der Waals surface area (Å²) in [7, 11) is 0. The van der Waals surface area contributed by atoms with Crippen molar-refractivity contribution in [3.63, 3.8) is 0 Å². The molecule has 7 heteroatoms. The highest BCUT2D eigenvalue weighted by molar-refractivity contribution is 5.81. The van der Waals surface area contributed by atoms with E-state index in [9.17, 15) is 18.0 Å². The molecule has 3 aromatic rings. The predicted octanol–water partition coefficient (Wildman–Crippen LogP) is 5.45. The molecule has 37 heavy (non-hydrogen) atoms. The van der Waals surface area contributed by atoms with Crippen LogP contribution in [0.4, 0.5) is 18.9 Å². The first-order valence-electron chi connectivity index (χ1n) is 12.8. The Labute approximate surface area is 216 Å². The first kappa shape index (κ1) is 25.3. The molecule has 0 aliphatic carbocycles. The predicted molar refractivity (Wildman–Crippen MR) is 139 cm³/mol. The van der Waals surface area contributed by atoms with Gasteiger partial charge in [0.1, 0.15) is 17.5 Å². The van der Waals surface area contributed by atoms with Gasteiger partial charge in [0.25, 0.3) is 0 Å². The molecule has 0 radical (unpaired) electrons. The van der Waals surface area contributed by atoms with Crippen LogP contribution in [0, 0.1) is 23.4 Å². The van der Waals surface area contributed by atoms with Crippen molar-refractivity contribution >= 4 is 11.6 Å². The molecule has 4 nitrogen and oxygen atoms in total. The third-order valence-corrected chi connectivity index (χ3v) is 7.68. The number of piperazine rings is 1. The summed E-state index contributed by atoms with van der Waals surface area (Å²) in [5.74, 6) is -2.30. The summed E-state index contributed by atoms with van der Waals surface area (Å²) >= 11 is 0. The number of rotatable bonds is 5. The molecule has 4 atom stereocenters. The number of halogens is 3. The number of nitrogens with zero attached hydrogens (tertiary/aromatic N) is 3. The minimum Gasteiger partial charge on any atom is -0.363 e. The van der Waals surface area contributed by atoms with Gasteiger partial charge in [-0.1, -0.05) is 36.4 Å². The lowest BCUT2D eigenvalue weighted by Gasteiger charge is -2.46. The van der Waals surface area contributed by atoms with Crippen LogP contribution in [0.15, 0.2) is 72.8 Å². The zero-order chi connectivity index (χ0) is 26.1. The average molecular weight is 508 g/mol. The molecular formula is C30H32F3N3O. The summed E-state index contributed by atoms with van der Waals surface area (Å²) in [6, 6.07) is 20.2. The molecule has 194 valence electrons. The van der Waals surface area contributed by atoms with E-state index in [0.29, 0.717) is 38.3 Å². The summed E-state index contributed by atoms with van der Waals surface area (Å²) in [4.78, 5) is 20.3. The van der Waals surface area contributed by atoms with Gasteiger partial charge in [-0.25, -0.2) is 13.2 Å². The normalized spacial score (nSPS) is 24.5. The van der Waals surface area contributed by atoms with Crippen molar-refractivity contribution in [2.24, 2.45) is 5.92 Å². The molecule has 0 spiro atoms. The number of benzene rings is 3. The van der Waals surface area contributed by atoms with Gasteiger partial charge in [-0.05, 0) is 55.3 Å². The lowest BCUT2D eigenvalue weighted by Crippen LogP contribution is -2.59. The van der Waals surface area contributed by atoms with Crippen LogP contribution in [0.25, 0.3) is 0 Å². The van der Waals surface area contributed by atoms with Gasteiger partial charge in [0.15, 0.2) is 0 Å². The molecule has 0 unspecified atom stereocenters. The van der Waals surface area contributed by atoms with E-state index >= 15 is 0 Å². The molecule has 2 saturated heterocycles. The van der Waals surface area contributed by atoms with E-state index in [4.69, 9.17) is 0 Å². The van der Waals surface area contributed by atoms with E-state index in [1.54, 1.807) is 12.1 Å². The van der Waals surface area contributed by atoms with E-state index < -0.39 is 17.6 Å². The summed E-state index contributed by atoms with van der Waals surface area (Å²) in [6.07, 6.45) is 0. The number of anilines is 1. The van der Waals surface area contributed by atoms with Crippen LogP contribution in [0.3, 0.4) is 0 Å². The Morgan fingerprint density at radius 3 is 2.11 bits per heavy atom. The van der Waals surface area contributed by atoms with Crippen LogP contribution in [-0.2, 0) is 11.3 Å². The first-order chi connectivity index (χ1) is 17.8. The summed E-state index contributed by atoms with van der Waals surface area (Å²) in [5, 5.41) is 0. The van der Waals surface area contributed by atoms with Crippen molar-refractivity contribution in [1.82, 2.24) is 9.80 Å². The highest BCUT2D eigenvalue weighted by Crippen LogP contribution is 2.37. The Kier molecular flexibility index (Phi) is 7.24. The van der Waals surface area contributed by atoms with Gasteiger partial charge in [-0.3, -0.25) is 9.69 Å². The van der Waals surface area contributed by atoms with Gasteiger partial charge in [0.2, 0.25) is 5.91 Å². The maximum absolute atomic E-state index is 14.9. The number of amides is 1. The van der Waals surface area contributed by atoms with Gasteiger partial charge in [-0.2, -0.15) is 0 Å². The van der Waals surface area contributed by atoms with Crippen LogP contribution < -0.4 is 4.90 Å². The zero-order valence-corrected chi connectivity index (χ0v) is 21.2. The zero-order valence-electron chi connectivity index (χ0n) is 21.2. The topological polar surface area (TPSA) is 26.8 Å². The van der Waals surface area contributed by atoms with Crippen molar-refractivity contribution in [1.29, 1.82) is 0 Å². The highest BCUT2D eigenvalue weighted by Gasteiger charge is 2.43. The van der Waals surface area contributed by atoms with Crippen molar-refractivity contribution in [2.45, 2.75) is 38.4 Å². The molecule has 0 bridgehead atoms. The van der Waals surface area contributed by atoms with E-state index in [1.807, 2.05) is 35.2 Å². The summed E-state index contributed by atoms with van der Waals surface area (Å²) in [6.45, 7) is 6.86. The number of likely N-dealkylation sites (tertiary alicyclic amines) is 1. The Morgan fingerprint density at radius 1 is 0.811 bits per heavy atom. The number of hydrogen-bond donors (Lipinski definition) is 0. The fraction of sp³-hybridized carbons (Fsp3) is 0.367. The van der Waals surface area contributed by atoms with E-state index in [-0.39, 0.29) is 29.7 Å². The van der Waals surface area contributed by atoms with Crippen LogP contribution >= 0.6 is 0 Å². The Hall–Kier alpha value is -3.32. The molecule has 0 aromatic heterocycles. The second-order valence-corrected chi connectivity index (χ2v) is 10.4. The van der Waals surface area contributed by atoms with Crippen LogP contribution in [-0.4, -0.2) is 54.0 Å².